The molecule has 0 N–H and O–H groups in total. The summed E-state index contributed by atoms with van der Waals surface area (Å²) in [5.74, 6) is 0. The Morgan fingerprint density at radius 2 is 0.955 bits per heavy atom. The minimum atomic E-state index is 0.964. The molecule has 10 rings (SSSR count). The Bertz CT molecular complexity index is 2790. The lowest BCUT2D eigenvalue weighted by atomic mass is 9.96. The van der Waals surface area contributed by atoms with Crippen molar-refractivity contribution in [2.45, 2.75) is 0 Å². The lowest BCUT2D eigenvalue weighted by Crippen LogP contribution is -1.90. The van der Waals surface area contributed by atoms with Crippen molar-refractivity contribution in [3.05, 3.63) is 133 Å². The van der Waals surface area contributed by atoms with Crippen LogP contribution in [-0.2, 0) is 0 Å². The third-order valence-electron chi connectivity index (χ3n) is 8.88. The number of fused-ring (bicyclic) bond motifs is 12. The molecule has 3 heterocycles. The van der Waals surface area contributed by atoms with Gasteiger partial charge in [-0.05, 0) is 51.2 Å². The molecule has 4 heteroatoms. The van der Waals surface area contributed by atoms with Crippen LogP contribution in [0.25, 0.3) is 95.4 Å². The van der Waals surface area contributed by atoms with Crippen molar-refractivity contribution in [2.75, 3.05) is 0 Å². The zero-order valence-corrected chi connectivity index (χ0v) is 25.0. The second-order valence-corrected chi connectivity index (χ2v) is 13.4. The topological polar surface area (TPSA) is 25.8 Å². The van der Waals surface area contributed by atoms with Crippen LogP contribution in [0.5, 0.6) is 0 Å². The first kappa shape index (κ1) is 24.3. The normalized spacial score (nSPS) is 12.1. The highest BCUT2D eigenvalue weighted by Gasteiger charge is 2.18. The van der Waals surface area contributed by atoms with E-state index in [0.717, 1.165) is 32.2 Å². The molecular weight excluding hydrogens is 573 g/mol. The first-order chi connectivity index (χ1) is 21.8. The monoisotopic (exact) mass is 594 g/mol. The Balaban J connectivity index is 1.23. The largest absolute Gasteiger partial charge is 0.242 e. The van der Waals surface area contributed by atoms with Crippen molar-refractivity contribution in [3.8, 4) is 22.3 Å². The smallest absolute Gasteiger partial charge is 0.143 e. The van der Waals surface area contributed by atoms with Gasteiger partial charge in [0.25, 0.3) is 0 Å². The average Bonchev–Trinajstić information content (AvgIpc) is 3.66. The van der Waals surface area contributed by atoms with Crippen LogP contribution in [0.15, 0.2) is 133 Å². The first-order valence-corrected chi connectivity index (χ1v) is 16.4. The van der Waals surface area contributed by atoms with Crippen LogP contribution in [0.3, 0.4) is 0 Å². The number of hydrogen-bond acceptors (Lipinski definition) is 4. The van der Waals surface area contributed by atoms with E-state index in [0.29, 0.717) is 0 Å². The van der Waals surface area contributed by atoms with Crippen molar-refractivity contribution >= 4 is 95.9 Å². The van der Waals surface area contributed by atoms with E-state index >= 15 is 0 Å². The molecule has 44 heavy (non-hydrogen) atoms. The van der Waals surface area contributed by atoms with E-state index in [-0.39, 0.29) is 0 Å². The molecule has 0 saturated heterocycles. The second kappa shape index (κ2) is 9.17. The van der Waals surface area contributed by atoms with Crippen LogP contribution in [-0.4, -0.2) is 9.97 Å². The number of rotatable bonds is 2. The predicted octanol–water partition coefficient (Wildman–Crippen LogP) is 12.0. The third kappa shape index (κ3) is 3.41. The highest BCUT2D eigenvalue weighted by atomic mass is 32.1. The lowest BCUT2D eigenvalue weighted by Gasteiger charge is -2.10. The maximum Gasteiger partial charge on any atom is 0.143 e. The summed E-state index contributed by atoms with van der Waals surface area (Å²) in [5.41, 5.74) is 7.80. The Morgan fingerprint density at radius 3 is 1.75 bits per heavy atom. The molecule has 0 aliphatic carbocycles. The molecule has 10 aromatic rings. The molecule has 3 aromatic heterocycles. The number of nitrogens with zero attached hydrogens (tertiary/aromatic N) is 2. The van der Waals surface area contributed by atoms with Crippen molar-refractivity contribution in [2.24, 2.45) is 0 Å². The highest BCUT2D eigenvalue weighted by molar-refractivity contribution is 7.26. The first-order valence-electron chi connectivity index (χ1n) is 14.8. The zero-order valence-electron chi connectivity index (χ0n) is 23.4. The molecule has 0 radical (unpaired) electrons. The molecule has 7 aromatic carbocycles. The SMILES string of the molecule is c1cc(-c2cccc3c2sc2ccccc23)cc(-c2cccc3sc4nc5c6ccccc6c6ccccc6c5nc4c23)c1. The predicted molar refractivity (Wildman–Crippen MR) is 191 cm³/mol. The van der Waals surface area contributed by atoms with Gasteiger partial charge in [-0.2, -0.15) is 0 Å². The molecule has 0 fully saturated rings. The van der Waals surface area contributed by atoms with Gasteiger partial charge in [0.1, 0.15) is 10.3 Å². The summed E-state index contributed by atoms with van der Waals surface area (Å²) in [6, 6.07) is 48.1. The molecule has 0 atom stereocenters. The van der Waals surface area contributed by atoms with Gasteiger partial charge in [-0.3, -0.25) is 0 Å². The van der Waals surface area contributed by atoms with E-state index in [1.165, 1.54) is 63.3 Å². The molecule has 0 spiro atoms. The van der Waals surface area contributed by atoms with E-state index in [1.807, 2.05) is 11.3 Å². The van der Waals surface area contributed by atoms with Gasteiger partial charge in [0, 0.05) is 41.0 Å². The molecule has 0 unspecified atom stereocenters. The van der Waals surface area contributed by atoms with Gasteiger partial charge in [0.2, 0.25) is 0 Å². The fraction of sp³-hybridized carbons (Fsp3) is 0. The molecular formula is C40H22N2S2. The Kier molecular flexibility index (Phi) is 5.06. The van der Waals surface area contributed by atoms with Gasteiger partial charge in [-0.25, -0.2) is 9.97 Å². The quantitative estimate of drug-likeness (QED) is 0.186. The second-order valence-electron chi connectivity index (χ2n) is 11.3. The van der Waals surface area contributed by atoms with Gasteiger partial charge < -0.3 is 0 Å². The highest BCUT2D eigenvalue weighted by Crippen LogP contribution is 2.44. The molecule has 204 valence electrons. The fourth-order valence-electron chi connectivity index (χ4n) is 6.91. The van der Waals surface area contributed by atoms with Crippen LogP contribution in [0.1, 0.15) is 0 Å². The van der Waals surface area contributed by atoms with Crippen LogP contribution in [0.2, 0.25) is 0 Å². The number of benzene rings is 7. The van der Waals surface area contributed by atoms with Crippen LogP contribution >= 0.6 is 22.7 Å². The Morgan fingerprint density at radius 1 is 0.386 bits per heavy atom. The van der Waals surface area contributed by atoms with Gasteiger partial charge >= 0.3 is 0 Å². The minimum Gasteiger partial charge on any atom is -0.242 e. The zero-order chi connectivity index (χ0) is 28.8. The van der Waals surface area contributed by atoms with E-state index in [4.69, 9.17) is 9.97 Å². The average molecular weight is 595 g/mol. The van der Waals surface area contributed by atoms with Crippen molar-refractivity contribution in [1.29, 1.82) is 0 Å². The van der Waals surface area contributed by atoms with Crippen molar-refractivity contribution < 1.29 is 0 Å². The van der Waals surface area contributed by atoms with Crippen molar-refractivity contribution in [1.82, 2.24) is 9.97 Å². The van der Waals surface area contributed by atoms with E-state index in [2.05, 4.69) is 133 Å². The van der Waals surface area contributed by atoms with Crippen LogP contribution < -0.4 is 0 Å². The number of hydrogen-bond donors (Lipinski definition) is 0. The van der Waals surface area contributed by atoms with E-state index in [9.17, 15) is 0 Å². The standard InChI is InChI=1S/C40H22N2S2/c1-3-15-30-27(12-1)28-13-2-4-16-31(28)37-36(30)41-38-35-25(17-9-21-34(35)44-40(38)42-37)23-10-7-11-24(22-23)26-18-8-19-32-29-14-5-6-20-33(29)43-39(26)32/h1-22H. The molecule has 0 saturated carbocycles. The number of aromatic nitrogens is 2. The molecule has 0 aliphatic rings. The van der Waals surface area contributed by atoms with Gasteiger partial charge in [0.05, 0.1) is 11.0 Å². The summed E-state index contributed by atoms with van der Waals surface area (Å²) in [6.45, 7) is 0. The van der Waals surface area contributed by atoms with Gasteiger partial charge in [-0.15, -0.1) is 22.7 Å². The number of thiophene rings is 2. The van der Waals surface area contributed by atoms with E-state index < -0.39 is 0 Å². The summed E-state index contributed by atoms with van der Waals surface area (Å²) < 4.78 is 3.87. The molecule has 2 nitrogen and oxygen atoms in total. The summed E-state index contributed by atoms with van der Waals surface area (Å²) in [4.78, 5) is 11.7. The summed E-state index contributed by atoms with van der Waals surface area (Å²) in [5, 5.41) is 8.55. The Labute approximate surface area is 260 Å². The van der Waals surface area contributed by atoms with Gasteiger partial charge in [-0.1, -0.05) is 115 Å². The molecule has 0 amide bonds. The van der Waals surface area contributed by atoms with Crippen LogP contribution in [0, 0.1) is 0 Å². The van der Waals surface area contributed by atoms with E-state index in [1.54, 1.807) is 11.3 Å². The fourth-order valence-corrected chi connectivity index (χ4v) is 9.20. The summed E-state index contributed by atoms with van der Waals surface area (Å²) >= 11 is 3.61. The van der Waals surface area contributed by atoms with Crippen LogP contribution in [0.4, 0.5) is 0 Å². The molecule has 0 bridgehead atoms. The van der Waals surface area contributed by atoms with Crippen molar-refractivity contribution in [3.63, 3.8) is 0 Å². The maximum absolute atomic E-state index is 5.43. The minimum absolute atomic E-state index is 0.964. The lowest BCUT2D eigenvalue weighted by molar-refractivity contribution is 1.46. The Hall–Kier alpha value is -5.16. The maximum atomic E-state index is 5.43. The van der Waals surface area contributed by atoms with Gasteiger partial charge in [0.15, 0.2) is 0 Å². The summed E-state index contributed by atoms with van der Waals surface area (Å²) in [7, 11) is 0. The third-order valence-corrected chi connectivity index (χ3v) is 11.1. The summed E-state index contributed by atoms with van der Waals surface area (Å²) in [6.07, 6.45) is 0. The molecule has 0 aliphatic heterocycles.